The number of piperidine rings is 1. The average Bonchev–Trinajstić information content (AvgIpc) is 2.49. The standard InChI is InChI=1S/C17H29N3/c1-14(2)15(12-18)13-19-16-8-4-5-9-17(16)20-10-6-3-7-11-20/h4-5,8-9,14-15,19H,3,6-7,10-13,18H2,1-2H3. The van der Waals surface area contributed by atoms with Gasteiger partial charge in [-0.2, -0.15) is 0 Å². The van der Waals surface area contributed by atoms with Crippen LogP contribution in [0.25, 0.3) is 0 Å². The Morgan fingerprint density at radius 2 is 1.85 bits per heavy atom. The third-order valence-corrected chi connectivity index (χ3v) is 4.40. The molecule has 3 nitrogen and oxygen atoms in total. The normalized spacial score (nSPS) is 17.3. The van der Waals surface area contributed by atoms with Crippen molar-refractivity contribution < 1.29 is 0 Å². The second-order valence-corrected chi connectivity index (χ2v) is 6.19. The number of hydrogen-bond donors (Lipinski definition) is 2. The largest absolute Gasteiger partial charge is 0.383 e. The predicted octanol–water partition coefficient (Wildman–Crippen LogP) is 3.32. The van der Waals surface area contributed by atoms with Crippen LogP contribution in [0.4, 0.5) is 11.4 Å². The van der Waals surface area contributed by atoms with Crippen LogP contribution in [-0.2, 0) is 0 Å². The maximum Gasteiger partial charge on any atom is 0.0602 e. The summed E-state index contributed by atoms with van der Waals surface area (Å²) < 4.78 is 0. The van der Waals surface area contributed by atoms with Crippen molar-refractivity contribution in [1.29, 1.82) is 0 Å². The summed E-state index contributed by atoms with van der Waals surface area (Å²) in [6.07, 6.45) is 3.99. The van der Waals surface area contributed by atoms with Gasteiger partial charge in [0.05, 0.1) is 11.4 Å². The highest BCUT2D eigenvalue weighted by Crippen LogP contribution is 2.28. The molecule has 2 rings (SSSR count). The molecule has 1 aromatic carbocycles. The summed E-state index contributed by atoms with van der Waals surface area (Å²) in [6, 6.07) is 8.68. The summed E-state index contributed by atoms with van der Waals surface area (Å²) in [6.45, 7) is 8.56. The molecule has 3 N–H and O–H groups in total. The maximum absolute atomic E-state index is 5.87. The molecule has 0 bridgehead atoms. The Labute approximate surface area is 123 Å². The molecule has 0 aliphatic carbocycles. The van der Waals surface area contributed by atoms with E-state index in [1.807, 2.05) is 0 Å². The number of nitrogens with two attached hydrogens (primary N) is 1. The van der Waals surface area contributed by atoms with Crippen LogP contribution in [0.15, 0.2) is 24.3 Å². The number of nitrogens with one attached hydrogen (secondary N) is 1. The van der Waals surface area contributed by atoms with E-state index in [9.17, 15) is 0 Å². The molecule has 1 heterocycles. The van der Waals surface area contributed by atoms with Crippen molar-refractivity contribution in [3.05, 3.63) is 24.3 Å². The van der Waals surface area contributed by atoms with Crippen LogP contribution in [0.2, 0.25) is 0 Å². The van der Waals surface area contributed by atoms with Gasteiger partial charge in [0.25, 0.3) is 0 Å². The summed E-state index contributed by atoms with van der Waals surface area (Å²) in [5, 5.41) is 3.62. The first-order chi connectivity index (χ1) is 9.72. The SMILES string of the molecule is CC(C)C(CN)CNc1ccccc1N1CCCCC1. The minimum Gasteiger partial charge on any atom is -0.383 e. The molecular weight excluding hydrogens is 246 g/mol. The van der Waals surface area contributed by atoms with Crippen molar-refractivity contribution >= 4 is 11.4 Å². The van der Waals surface area contributed by atoms with Crippen molar-refractivity contribution in [1.82, 2.24) is 0 Å². The van der Waals surface area contributed by atoms with Crippen LogP contribution < -0.4 is 16.0 Å². The highest BCUT2D eigenvalue weighted by molar-refractivity contribution is 5.70. The van der Waals surface area contributed by atoms with Gasteiger partial charge in [0.15, 0.2) is 0 Å². The molecule has 1 saturated heterocycles. The zero-order chi connectivity index (χ0) is 14.4. The number of benzene rings is 1. The molecule has 0 radical (unpaired) electrons. The Kier molecular flexibility index (Phi) is 5.72. The van der Waals surface area contributed by atoms with Crippen LogP contribution in [-0.4, -0.2) is 26.2 Å². The zero-order valence-corrected chi connectivity index (χ0v) is 12.9. The van der Waals surface area contributed by atoms with Crippen LogP contribution in [0.3, 0.4) is 0 Å². The van der Waals surface area contributed by atoms with E-state index in [-0.39, 0.29) is 0 Å². The van der Waals surface area contributed by atoms with Gasteiger partial charge in [-0.1, -0.05) is 26.0 Å². The molecule has 1 aromatic rings. The lowest BCUT2D eigenvalue weighted by Gasteiger charge is -2.31. The first kappa shape index (κ1) is 15.2. The van der Waals surface area contributed by atoms with E-state index in [0.29, 0.717) is 11.8 Å². The van der Waals surface area contributed by atoms with Crippen molar-refractivity contribution in [2.45, 2.75) is 33.1 Å². The predicted molar refractivity (Wildman–Crippen MR) is 88.4 cm³/mol. The molecule has 0 aromatic heterocycles. The van der Waals surface area contributed by atoms with E-state index in [2.05, 4.69) is 48.3 Å². The molecule has 3 heteroatoms. The Morgan fingerprint density at radius 1 is 1.15 bits per heavy atom. The van der Waals surface area contributed by atoms with Crippen LogP contribution in [0.1, 0.15) is 33.1 Å². The lowest BCUT2D eigenvalue weighted by atomic mass is 9.96. The Hall–Kier alpha value is -1.22. The highest BCUT2D eigenvalue weighted by Gasteiger charge is 2.16. The highest BCUT2D eigenvalue weighted by atomic mass is 15.1. The van der Waals surface area contributed by atoms with E-state index in [1.54, 1.807) is 0 Å². The Morgan fingerprint density at radius 3 is 2.50 bits per heavy atom. The number of hydrogen-bond acceptors (Lipinski definition) is 3. The summed E-state index contributed by atoms with van der Waals surface area (Å²) in [5.74, 6) is 1.15. The van der Waals surface area contributed by atoms with Gasteiger partial charge in [-0.05, 0) is 49.8 Å². The monoisotopic (exact) mass is 275 g/mol. The Bertz CT molecular complexity index is 397. The van der Waals surface area contributed by atoms with Crippen molar-refractivity contribution in [3.63, 3.8) is 0 Å². The van der Waals surface area contributed by atoms with Crippen LogP contribution in [0.5, 0.6) is 0 Å². The van der Waals surface area contributed by atoms with Gasteiger partial charge in [0.2, 0.25) is 0 Å². The number of anilines is 2. The fourth-order valence-electron chi connectivity index (χ4n) is 2.87. The average molecular weight is 275 g/mol. The molecule has 1 fully saturated rings. The van der Waals surface area contributed by atoms with E-state index < -0.39 is 0 Å². The minimum absolute atomic E-state index is 0.532. The summed E-state index contributed by atoms with van der Waals surface area (Å²) in [7, 11) is 0. The van der Waals surface area contributed by atoms with Gasteiger partial charge in [-0.3, -0.25) is 0 Å². The first-order valence-corrected chi connectivity index (χ1v) is 8.00. The summed E-state index contributed by atoms with van der Waals surface area (Å²) in [4.78, 5) is 2.51. The maximum atomic E-state index is 5.87. The van der Waals surface area contributed by atoms with Crippen molar-refractivity contribution in [2.75, 3.05) is 36.4 Å². The molecule has 1 aliphatic heterocycles. The summed E-state index contributed by atoms with van der Waals surface area (Å²) >= 11 is 0. The molecule has 1 unspecified atom stereocenters. The molecule has 112 valence electrons. The van der Waals surface area contributed by atoms with E-state index >= 15 is 0 Å². The van der Waals surface area contributed by atoms with Gasteiger partial charge in [0.1, 0.15) is 0 Å². The number of para-hydroxylation sites is 2. The van der Waals surface area contributed by atoms with Gasteiger partial charge in [-0.25, -0.2) is 0 Å². The van der Waals surface area contributed by atoms with Crippen molar-refractivity contribution in [2.24, 2.45) is 17.6 Å². The summed E-state index contributed by atoms with van der Waals surface area (Å²) in [5.41, 5.74) is 8.48. The molecule has 1 aliphatic rings. The first-order valence-electron chi connectivity index (χ1n) is 8.00. The van der Waals surface area contributed by atoms with E-state index in [0.717, 1.165) is 13.1 Å². The molecule has 0 saturated carbocycles. The van der Waals surface area contributed by atoms with E-state index in [1.165, 1.54) is 43.7 Å². The minimum atomic E-state index is 0.532. The third-order valence-electron chi connectivity index (χ3n) is 4.40. The molecule has 1 atom stereocenters. The molecule has 0 amide bonds. The lowest BCUT2D eigenvalue weighted by Crippen LogP contribution is -2.31. The zero-order valence-electron chi connectivity index (χ0n) is 12.9. The Balaban J connectivity index is 2.03. The second-order valence-electron chi connectivity index (χ2n) is 6.19. The molecular formula is C17H29N3. The van der Waals surface area contributed by atoms with Crippen LogP contribution in [0, 0.1) is 11.8 Å². The van der Waals surface area contributed by atoms with Crippen molar-refractivity contribution in [3.8, 4) is 0 Å². The third kappa shape index (κ3) is 3.89. The second kappa shape index (κ2) is 7.53. The van der Waals surface area contributed by atoms with Gasteiger partial charge < -0.3 is 16.0 Å². The quantitative estimate of drug-likeness (QED) is 0.837. The smallest absolute Gasteiger partial charge is 0.0602 e. The number of rotatable bonds is 6. The lowest BCUT2D eigenvalue weighted by molar-refractivity contribution is 0.413. The molecule has 20 heavy (non-hydrogen) atoms. The van der Waals surface area contributed by atoms with E-state index in [4.69, 9.17) is 5.73 Å². The van der Waals surface area contributed by atoms with Crippen LogP contribution >= 0.6 is 0 Å². The van der Waals surface area contributed by atoms with Gasteiger partial charge >= 0.3 is 0 Å². The van der Waals surface area contributed by atoms with Gasteiger partial charge in [-0.15, -0.1) is 0 Å². The number of nitrogens with zero attached hydrogens (tertiary/aromatic N) is 1. The topological polar surface area (TPSA) is 41.3 Å². The fraction of sp³-hybridized carbons (Fsp3) is 0.647. The fourth-order valence-corrected chi connectivity index (χ4v) is 2.87. The molecule has 0 spiro atoms. The van der Waals surface area contributed by atoms with Gasteiger partial charge in [0, 0.05) is 19.6 Å².